The average molecular weight is 255 g/mol. The van der Waals surface area contributed by atoms with Gasteiger partial charge in [0.1, 0.15) is 0 Å². The summed E-state index contributed by atoms with van der Waals surface area (Å²) in [7, 11) is 1.35. The van der Waals surface area contributed by atoms with Crippen LogP contribution in [0.15, 0.2) is 48.5 Å². The van der Waals surface area contributed by atoms with E-state index < -0.39 is 0 Å². The topological polar surface area (TPSA) is 55.4 Å². The fraction of sp³-hybridized carbons (Fsp3) is 0.0667. The monoisotopic (exact) mass is 255 g/mol. The Kier molecular flexibility index (Phi) is 3.93. The highest BCUT2D eigenvalue weighted by atomic mass is 16.5. The van der Waals surface area contributed by atoms with Crippen molar-refractivity contribution >= 4 is 18.1 Å². The highest BCUT2D eigenvalue weighted by molar-refractivity contribution is 5.91. The van der Waals surface area contributed by atoms with Crippen LogP contribution in [0.1, 0.15) is 10.4 Å². The third-order valence-corrected chi connectivity index (χ3v) is 2.76. The van der Waals surface area contributed by atoms with Crippen LogP contribution in [-0.4, -0.2) is 19.5 Å². The van der Waals surface area contributed by atoms with Gasteiger partial charge < -0.3 is 10.1 Å². The molecule has 96 valence electrons. The van der Waals surface area contributed by atoms with Crippen LogP contribution in [-0.2, 0) is 9.53 Å². The molecule has 0 atom stereocenters. The highest BCUT2D eigenvalue weighted by Gasteiger charge is 2.07. The van der Waals surface area contributed by atoms with Gasteiger partial charge in [-0.25, -0.2) is 4.79 Å². The van der Waals surface area contributed by atoms with Crippen molar-refractivity contribution in [3.8, 4) is 11.1 Å². The lowest BCUT2D eigenvalue weighted by atomic mass is 10.0. The number of hydrogen-bond acceptors (Lipinski definition) is 3. The van der Waals surface area contributed by atoms with Crippen molar-refractivity contribution in [3.05, 3.63) is 54.1 Å². The summed E-state index contributed by atoms with van der Waals surface area (Å²) < 4.78 is 4.65. The Bertz CT molecular complexity index is 591. The minimum atomic E-state index is -0.370. The van der Waals surface area contributed by atoms with E-state index in [0.717, 1.165) is 16.8 Å². The van der Waals surface area contributed by atoms with Gasteiger partial charge in [0.15, 0.2) is 0 Å². The summed E-state index contributed by atoms with van der Waals surface area (Å²) in [5.74, 6) is -0.370. The molecule has 2 rings (SSSR count). The van der Waals surface area contributed by atoms with Crippen LogP contribution in [0.2, 0.25) is 0 Å². The molecule has 1 N–H and O–H groups in total. The first-order valence-electron chi connectivity index (χ1n) is 5.74. The minimum Gasteiger partial charge on any atom is -0.465 e. The normalized spacial score (nSPS) is 9.74. The molecule has 0 aromatic heterocycles. The van der Waals surface area contributed by atoms with Gasteiger partial charge in [0.25, 0.3) is 0 Å². The van der Waals surface area contributed by atoms with Crippen molar-refractivity contribution in [3.63, 3.8) is 0 Å². The van der Waals surface area contributed by atoms with Gasteiger partial charge in [-0.05, 0) is 23.8 Å². The Morgan fingerprint density at radius 3 is 2.42 bits per heavy atom. The molecule has 4 heteroatoms. The second-order valence-electron chi connectivity index (χ2n) is 3.88. The Hall–Kier alpha value is -2.62. The molecular weight excluding hydrogens is 242 g/mol. The predicted octanol–water partition coefficient (Wildman–Crippen LogP) is 2.71. The SMILES string of the molecule is COC(=O)c1ccc(-c2ccccc2NC=O)cc1. The molecule has 0 aliphatic heterocycles. The Morgan fingerprint density at radius 1 is 1.11 bits per heavy atom. The molecule has 0 fully saturated rings. The second-order valence-corrected chi connectivity index (χ2v) is 3.88. The lowest BCUT2D eigenvalue weighted by Gasteiger charge is -2.08. The fourth-order valence-corrected chi connectivity index (χ4v) is 1.83. The van der Waals surface area contributed by atoms with Crippen molar-refractivity contribution in [2.45, 2.75) is 0 Å². The number of hydrogen-bond donors (Lipinski definition) is 1. The summed E-state index contributed by atoms with van der Waals surface area (Å²) in [5, 5.41) is 2.65. The standard InChI is InChI=1S/C15H13NO3/c1-19-15(18)12-8-6-11(7-9-12)13-4-2-3-5-14(13)16-10-17/h2-10H,1H3,(H,16,17). The number of anilines is 1. The summed E-state index contributed by atoms with van der Waals surface area (Å²) in [6, 6.07) is 14.5. The van der Waals surface area contributed by atoms with Crippen molar-refractivity contribution in [1.82, 2.24) is 0 Å². The van der Waals surface area contributed by atoms with Crippen LogP contribution in [0, 0.1) is 0 Å². The van der Waals surface area contributed by atoms with E-state index in [0.29, 0.717) is 12.0 Å². The fourth-order valence-electron chi connectivity index (χ4n) is 1.83. The van der Waals surface area contributed by atoms with Crippen molar-refractivity contribution < 1.29 is 14.3 Å². The van der Waals surface area contributed by atoms with Gasteiger partial charge in [0.05, 0.1) is 12.7 Å². The molecule has 0 aliphatic rings. The summed E-state index contributed by atoms with van der Waals surface area (Å²) in [6.07, 6.45) is 0.641. The highest BCUT2D eigenvalue weighted by Crippen LogP contribution is 2.27. The summed E-state index contributed by atoms with van der Waals surface area (Å²) in [4.78, 5) is 21.9. The molecule has 0 aliphatic carbocycles. The van der Waals surface area contributed by atoms with Crippen LogP contribution >= 0.6 is 0 Å². The number of methoxy groups -OCH3 is 1. The maximum absolute atomic E-state index is 11.3. The predicted molar refractivity (Wildman–Crippen MR) is 72.9 cm³/mol. The van der Waals surface area contributed by atoms with Gasteiger partial charge in [-0.15, -0.1) is 0 Å². The first kappa shape index (κ1) is 12.8. The molecule has 0 spiro atoms. The van der Waals surface area contributed by atoms with Crippen molar-refractivity contribution in [2.75, 3.05) is 12.4 Å². The molecule has 4 nitrogen and oxygen atoms in total. The number of benzene rings is 2. The minimum absolute atomic E-state index is 0.370. The number of nitrogens with one attached hydrogen (secondary N) is 1. The zero-order chi connectivity index (χ0) is 13.7. The second kappa shape index (κ2) is 5.82. The van der Waals surface area contributed by atoms with E-state index in [1.807, 2.05) is 36.4 Å². The maximum Gasteiger partial charge on any atom is 0.337 e. The lowest BCUT2D eigenvalue weighted by molar-refractivity contribution is -0.105. The number of esters is 1. The van der Waals surface area contributed by atoms with E-state index in [2.05, 4.69) is 10.1 Å². The molecule has 2 aromatic carbocycles. The molecule has 0 saturated carbocycles. The summed E-state index contributed by atoms with van der Waals surface area (Å²) in [6.45, 7) is 0. The van der Waals surface area contributed by atoms with E-state index in [1.165, 1.54) is 7.11 Å². The summed E-state index contributed by atoms with van der Waals surface area (Å²) >= 11 is 0. The first-order chi connectivity index (χ1) is 9.26. The number of ether oxygens (including phenoxy) is 1. The Labute approximate surface area is 111 Å². The van der Waals surface area contributed by atoms with E-state index in [9.17, 15) is 9.59 Å². The number of carbonyl (C=O) groups is 2. The third kappa shape index (κ3) is 2.80. The summed E-state index contributed by atoms with van der Waals surface area (Å²) in [5.41, 5.74) is 3.03. The van der Waals surface area contributed by atoms with Crippen molar-refractivity contribution in [1.29, 1.82) is 0 Å². The molecule has 0 radical (unpaired) electrons. The van der Waals surface area contributed by atoms with Crippen LogP contribution in [0.25, 0.3) is 11.1 Å². The molecular formula is C15H13NO3. The van der Waals surface area contributed by atoms with E-state index >= 15 is 0 Å². The van der Waals surface area contributed by atoms with Crippen molar-refractivity contribution in [2.24, 2.45) is 0 Å². The van der Waals surface area contributed by atoms with Crippen LogP contribution in [0.3, 0.4) is 0 Å². The van der Waals surface area contributed by atoms with E-state index in [4.69, 9.17) is 0 Å². The molecule has 19 heavy (non-hydrogen) atoms. The largest absolute Gasteiger partial charge is 0.465 e. The number of amides is 1. The molecule has 0 bridgehead atoms. The van der Waals surface area contributed by atoms with Crippen LogP contribution in [0.4, 0.5) is 5.69 Å². The zero-order valence-corrected chi connectivity index (χ0v) is 10.4. The van der Waals surface area contributed by atoms with Crippen LogP contribution < -0.4 is 5.32 Å². The zero-order valence-electron chi connectivity index (χ0n) is 10.4. The van der Waals surface area contributed by atoms with Gasteiger partial charge in [-0.2, -0.15) is 0 Å². The van der Waals surface area contributed by atoms with Gasteiger partial charge in [0, 0.05) is 11.3 Å². The molecule has 0 unspecified atom stereocenters. The van der Waals surface area contributed by atoms with Gasteiger partial charge in [-0.1, -0.05) is 30.3 Å². The molecule has 0 saturated heterocycles. The Balaban J connectivity index is 2.37. The first-order valence-corrected chi connectivity index (χ1v) is 5.74. The quantitative estimate of drug-likeness (QED) is 0.675. The molecule has 0 heterocycles. The molecule has 1 amide bonds. The van der Waals surface area contributed by atoms with Gasteiger partial charge >= 0.3 is 5.97 Å². The lowest BCUT2D eigenvalue weighted by Crippen LogP contribution is -2.00. The number of para-hydroxylation sites is 1. The van der Waals surface area contributed by atoms with Gasteiger partial charge in [-0.3, -0.25) is 4.79 Å². The van der Waals surface area contributed by atoms with Crippen LogP contribution in [0.5, 0.6) is 0 Å². The Morgan fingerprint density at radius 2 is 1.79 bits per heavy atom. The number of carbonyl (C=O) groups excluding carboxylic acids is 2. The van der Waals surface area contributed by atoms with E-state index in [1.54, 1.807) is 12.1 Å². The van der Waals surface area contributed by atoms with Gasteiger partial charge in [0.2, 0.25) is 6.41 Å². The third-order valence-electron chi connectivity index (χ3n) is 2.76. The molecule has 2 aromatic rings. The maximum atomic E-state index is 11.3. The smallest absolute Gasteiger partial charge is 0.337 e. The van der Waals surface area contributed by atoms with E-state index in [-0.39, 0.29) is 5.97 Å². The average Bonchev–Trinajstić information content (AvgIpc) is 2.47. The number of rotatable bonds is 4.